The number of rotatable bonds is 4. The number of thiocarbonyl (C=S) groups is 1. The van der Waals surface area contributed by atoms with Gasteiger partial charge in [-0.05, 0) is 30.4 Å². The number of hydrogen-bond donors (Lipinski definition) is 2. The Morgan fingerprint density at radius 2 is 2.11 bits per heavy atom. The Kier molecular flexibility index (Phi) is 4.59. The predicted octanol–water partition coefficient (Wildman–Crippen LogP) is 2.15. The molecule has 4 nitrogen and oxygen atoms in total. The third kappa shape index (κ3) is 3.31. The molecule has 18 heavy (non-hydrogen) atoms. The molecule has 0 amide bonds. The highest BCUT2D eigenvalue weighted by Gasteiger charge is 2.43. The Morgan fingerprint density at radius 3 is 2.44 bits per heavy atom. The van der Waals surface area contributed by atoms with Crippen molar-refractivity contribution in [3.05, 3.63) is 12.7 Å². The molecule has 1 fully saturated rings. The summed E-state index contributed by atoms with van der Waals surface area (Å²) in [6.07, 6.45) is -0.0625. The predicted molar refractivity (Wildman–Crippen MR) is 78.9 cm³/mol. The normalized spacial score (nSPS) is 26.4. The quantitative estimate of drug-likeness (QED) is 0.472. The van der Waals surface area contributed by atoms with Crippen LogP contribution in [-0.2, 0) is 9.16 Å². The zero-order valence-corrected chi connectivity index (χ0v) is 13.5. The van der Waals surface area contributed by atoms with Gasteiger partial charge in [0.15, 0.2) is 20.6 Å². The van der Waals surface area contributed by atoms with Crippen molar-refractivity contribution in [1.29, 1.82) is 0 Å². The van der Waals surface area contributed by atoms with Crippen LogP contribution in [0.1, 0.15) is 20.8 Å². The summed E-state index contributed by atoms with van der Waals surface area (Å²) in [6.45, 7) is 14.5. The summed E-state index contributed by atoms with van der Waals surface area (Å²) >= 11 is 4.88. The molecule has 3 unspecified atom stereocenters. The topological polar surface area (TPSA) is 50.7 Å². The number of nitrogens with one attached hydrogen (secondary N) is 1. The van der Waals surface area contributed by atoms with Gasteiger partial charge in [0.1, 0.15) is 6.10 Å². The Bertz CT molecular complexity index is 341. The molecule has 0 aromatic heterocycles. The molecule has 0 saturated carbocycles. The summed E-state index contributed by atoms with van der Waals surface area (Å²) in [7, 11) is -1.94. The molecule has 3 atom stereocenters. The monoisotopic (exact) mass is 289 g/mol. The van der Waals surface area contributed by atoms with E-state index in [0.717, 1.165) is 0 Å². The van der Waals surface area contributed by atoms with Crippen molar-refractivity contribution >= 4 is 25.7 Å². The SMILES string of the molecule is C=CC(O[Si](C)(C)C(C)(C)C)C1OC(=S)NC1O. The van der Waals surface area contributed by atoms with Gasteiger partial charge in [-0.1, -0.05) is 26.8 Å². The van der Waals surface area contributed by atoms with E-state index in [-0.39, 0.29) is 16.3 Å². The summed E-state index contributed by atoms with van der Waals surface area (Å²) in [5.41, 5.74) is 0. The Hall–Kier alpha value is -0.433. The standard InChI is InChI=1S/C12H23NO3SSi/c1-7-8(9-10(14)13-11(17)15-9)16-18(5,6)12(2,3)4/h7-10,14H,1H2,2-6H3,(H,13,17). The van der Waals surface area contributed by atoms with E-state index in [1.807, 2.05) is 0 Å². The first-order valence-corrected chi connectivity index (χ1v) is 9.36. The lowest BCUT2D eigenvalue weighted by Crippen LogP contribution is -2.49. The summed E-state index contributed by atoms with van der Waals surface area (Å²) in [4.78, 5) is 0. The first-order chi connectivity index (χ1) is 8.08. The Morgan fingerprint density at radius 1 is 1.56 bits per heavy atom. The lowest BCUT2D eigenvalue weighted by atomic mass is 10.2. The van der Waals surface area contributed by atoms with Crippen LogP contribution < -0.4 is 5.32 Å². The van der Waals surface area contributed by atoms with Gasteiger partial charge in [0.25, 0.3) is 5.17 Å². The van der Waals surface area contributed by atoms with Crippen LogP contribution in [0.5, 0.6) is 0 Å². The van der Waals surface area contributed by atoms with E-state index in [2.05, 4.69) is 45.8 Å². The van der Waals surface area contributed by atoms with Crippen LogP contribution in [0.25, 0.3) is 0 Å². The van der Waals surface area contributed by atoms with Gasteiger partial charge in [-0.15, -0.1) is 6.58 Å². The van der Waals surface area contributed by atoms with Crippen LogP contribution in [0, 0.1) is 0 Å². The van der Waals surface area contributed by atoms with Crippen molar-refractivity contribution in [2.24, 2.45) is 0 Å². The summed E-state index contributed by atoms with van der Waals surface area (Å²) in [6, 6.07) is 0. The summed E-state index contributed by atoms with van der Waals surface area (Å²) in [5, 5.41) is 12.8. The van der Waals surface area contributed by atoms with Gasteiger partial charge in [0.05, 0.1) is 0 Å². The molecule has 1 saturated heterocycles. The molecule has 0 aromatic carbocycles. The number of hydrogen-bond acceptors (Lipinski definition) is 4. The van der Waals surface area contributed by atoms with E-state index >= 15 is 0 Å². The van der Waals surface area contributed by atoms with E-state index in [0.29, 0.717) is 0 Å². The number of aliphatic hydroxyl groups excluding tert-OH is 1. The van der Waals surface area contributed by atoms with Crippen LogP contribution in [0.4, 0.5) is 0 Å². The van der Waals surface area contributed by atoms with Crippen LogP contribution in [-0.4, -0.2) is 37.0 Å². The van der Waals surface area contributed by atoms with Crippen molar-refractivity contribution in [1.82, 2.24) is 5.32 Å². The minimum atomic E-state index is -1.94. The van der Waals surface area contributed by atoms with Gasteiger partial charge in [0.2, 0.25) is 0 Å². The molecule has 104 valence electrons. The van der Waals surface area contributed by atoms with Gasteiger partial charge in [-0.3, -0.25) is 0 Å². The second kappa shape index (κ2) is 5.28. The molecule has 1 rings (SSSR count). The minimum absolute atomic E-state index is 0.0890. The maximum atomic E-state index is 9.82. The van der Waals surface area contributed by atoms with Gasteiger partial charge in [-0.2, -0.15) is 0 Å². The fourth-order valence-corrected chi connectivity index (χ4v) is 2.93. The molecule has 0 radical (unpaired) electrons. The third-order valence-corrected chi connectivity index (χ3v) is 8.30. The van der Waals surface area contributed by atoms with Crippen molar-refractivity contribution < 1.29 is 14.3 Å². The van der Waals surface area contributed by atoms with Crippen LogP contribution >= 0.6 is 12.2 Å². The second-order valence-corrected chi connectivity index (χ2v) is 11.2. The molecule has 1 heterocycles. The van der Waals surface area contributed by atoms with E-state index in [4.69, 9.17) is 21.4 Å². The highest BCUT2D eigenvalue weighted by Crippen LogP contribution is 2.38. The van der Waals surface area contributed by atoms with E-state index in [1.54, 1.807) is 6.08 Å². The highest BCUT2D eigenvalue weighted by molar-refractivity contribution is 7.80. The zero-order chi connectivity index (χ0) is 14.1. The van der Waals surface area contributed by atoms with Gasteiger partial charge in [0, 0.05) is 0 Å². The zero-order valence-electron chi connectivity index (χ0n) is 11.7. The molecule has 1 aliphatic heterocycles. The third-order valence-electron chi connectivity index (χ3n) is 3.61. The van der Waals surface area contributed by atoms with Gasteiger partial charge >= 0.3 is 0 Å². The fraction of sp³-hybridized carbons (Fsp3) is 0.750. The Balaban J connectivity index is 2.80. The minimum Gasteiger partial charge on any atom is -0.460 e. The van der Waals surface area contributed by atoms with Crippen LogP contribution in [0.3, 0.4) is 0 Å². The molecule has 0 bridgehead atoms. The van der Waals surface area contributed by atoms with E-state index in [1.165, 1.54) is 0 Å². The Labute approximate surface area is 115 Å². The van der Waals surface area contributed by atoms with Gasteiger partial charge in [-0.25, -0.2) is 0 Å². The molecule has 6 heteroatoms. The number of aliphatic hydroxyl groups is 1. The smallest absolute Gasteiger partial charge is 0.259 e. The second-order valence-electron chi connectivity index (χ2n) is 6.04. The lowest BCUT2D eigenvalue weighted by molar-refractivity contribution is 0.00127. The molecular weight excluding hydrogens is 266 g/mol. The van der Waals surface area contributed by atoms with E-state index < -0.39 is 20.6 Å². The first kappa shape index (κ1) is 15.6. The summed E-state index contributed by atoms with van der Waals surface area (Å²) < 4.78 is 11.6. The lowest BCUT2D eigenvalue weighted by Gasteiger charge is -2.39. The summed E-state index contributed by atoms with van der Waals surface area (Å²) in [5.74, 6) is 0. The van der Waals surface area contributed by atoms with Gasteiger partial charge < -0.3 is 19.6 Å². The molecule has 0 aliphatic carbocycles. The molecular formula is C12H23NO3SSi. The van der Waals surface area contributed by atoms with Crippen molar-refractivity contribution in [2.45, 2.75) is 57.3 Å². The van der Waals surface area contributed by atoms with Crippen molar-refractivity contribution in [3.63, 3.8) is 0 Å². The van der Waals surface area contributed by atoms with Crippen LogP contribution in [0.15, 0.2) is 12.7 Å². The molecule has 2 N–H and O–H groups in total. The van der Waals surface area contributed by atoms with Crippen LogP contribution in [0.2, 0.25) is 18.1 Å². The fourth-order valence-electron chi connectivity index (χ4n) is 1.44. The average molecular weight is 289 g/mol. The molecule has 0 aromatic rings. The average Bonchev–Trinajstić information content (AvgIpc) is 2.52. The molecule has 1 aliphatic rings. The first-order valence-electron chi connectivity index (χ1n) is 6.04. The largest absolute Gasteiger partial charge is 0.460 e. The van der Waals surface area contributed by atoms with Crippen molar-refractivity contribution in [3.8, 4) is 0 Å². The number of ether oxygens (including phenoxy) is 1. The van der Waals surface area contributed by atoms with Crippen molar-refractivity contribution in [2.75, 3.05) is 0 Å². The van der Waals surface area contributed by atoms with E-state index in [9.17, 15) is 5.11 Å². The molecule has 0 spiro atoms. The maximum absolute atomic E-state index is 9.82. The maximum Gasteiger partial charge on any atom is 0.259 e. The highest BCUT2D eigenvalue weighted by atomic mass is 32.1.